The fourth-order valence-electron chi connectivity index (χ4n) is 1.67. The van der Waals surface area contributed by atoms with E-state index in [-0.39, 0.29) is 17.5 Å². The minimum Gasteiger partial charge on any atom is -0.294 e. The molecule has 0 N–H and O–H groups in total. The number of carbonyl (C=O) groups excluding carboxylic acids is 2. The van der Waals surface area contributed by atoms with Gasteiger partial charge in [-0.1, -0.05) is 17.7 Å². The van der Waals surface area contributed by atoms with Crippen molar-refractivity contribution in [2.24, 2.45) is 5.92 Å². The summed E-state index contributed by atoms with van der Waals surface area (Å²) in [4.78, 5) is 22.5. The number of rotatable bonds is 0. The van der Waals surface area contributed by atoms with Crippen molar-refractivity contribution in [1.29, 1.82) is 0 Å². The van der Waals surface area contributed by atoms with Crippen LogP contribution in [0.2, 0.25) is 0 Å². The number of fused-ring (bicyclic) bond motifs is 2. The first-order chi connectivity index (χ1) is 6.25. The molecule has 0 radical (unpaired) electrons. The first-order valence-electron chi connectivity index (χ1n) is 4.38. The van der Waals surface area contributed by atoms with Gasteiger partial charge >= 0.3 is 0 Å². The van der Waals surface area contributed by atoms with E-state index in [1.807, 2.05) is 12.2 Å². The maximum atomic E-state index is 11.4. The van der Waals surface area contributed by atoms with Gasteiger partial charge < -0.3 is 0 Å². The van der Waals surface area contributed by atoms with Crippen LogP contribution in [0.3, 0.4) is 0 Å². The molecule has 2 aliphatic carbocycles. The molecule has 0 aromatic heterocycles. The topological polar surface area (TPSA) is 34.1 Å². The van der Waals surface area contributed by atoms with E-state index in [0.29, 0.717) is 6.42 Å². The molecule has 1 unspecified atom stereocenters. The van der Waals surface area contributed by atoms with Crippen LogP contribution in [-0.2, 0) is 9.59 Å². The maximum Gasteiger partial charge on any atom is 0.178 e. The monoisotopic (exact) mass is 174 g/mol. The summed E-state index contributed by atoms with van der Waals surface area (Å²) >= 11 is 0. The first-order valence-corrected chi connectivity index (χ1v) is 4.38. The third-order valence-corrected chi connectivity index (χ3v) is 2.35. The van der Waals surface area contributed by atoms with Gasteiger partial charge in [0.2, 0.25) is 0 Å². The van der Waals surface area contributed by atoms with E-state index < -0.39 is 0 Å². The van der Waals surface area contributed by atoms with E-state index in [2.05, 4.69) is 0 Å². The Morgan fingerprint density at radius 1 is 1.23 bits per heavy atom. The highest BCUT2D eigenvalue weighted by Gasteiger charge is 2.19. The van der Waals surface area contributed by atoms with Crippen LogP contribution in [0.15, 0.2) is 36.0 Å². The normalized spacial score (nSPS) is 33.2. The Kier molecular flexibility index (Phi) is 1.97. The maximum absolute atomic E-state index is 11.4. The largest absolute Gasteiger partial charge is 0.294 e. The van der Waals surface area contributed by atoms with Gasteiger partial charge in [-0.2, -0.15) is 0 Å². The zero-order chi connectivity index (χ0) is 9.26. The summed E-state index contributed by atoms with van der Waals surface area (Å²) in [6.07, 6.45) is 9.79. The van der Waals surface area contributed by atoms with Gasteiger partial charge in [-0.05, 0) is 31.1 Å². The Hall–Kier alpha value is -1.44. The predicted octanol–water partition coefficient (Wildman–Crippen LogP) is 1.59. The average molecular weight is 174 g/mol. The molecule has 0 aromatic carbocycles. The number of hydrogen-bond donors (Lipinski definition) is 0. The van der Waals surface area contributed by atoms with Gasteiger partial charge in [0, 0.05) is 5.92 Å². The van der Waals surface area contributed by atoms with E-state index in [9.17, 15) is 9.59 Å². The molecule has 0 aromatic rings. The molecule has 0 aliphatic heterocycles. The summed E-state index contributed by atoms with van der Waals surface area (Å²) < 4.78 is 0. The molecule has 0 saturated carbocycles. The second kappa shape index (κ2) is 3.13. The lowest BCUT2D eigenvalue weighted by Crippen LogP contribution is -2.15. The third kappa shape index (κ3) is 1.66. The number of ketones is 2. The minimum absolute atomic E-state index is 0.0369. The van der Waals surface area contributed by atoms with E-state index in [1.165, 1.54) is 12.2 Å². The second-order valence-corrected chi connectivity index (χ2v) is 3.38. The highest BCUT2D eigenvalue weighted by Crippen LogP contribution is 2.24. The summed E-state index contributed by atoms with van der Waals surface area (Å²) in [6.45, 7) is 0. The molecule has 0 heterocycles. The van der Waals surface area contributed by atoms with Crippen LogP contribution in [0.4, 0.5) is 0 Å². The van der Waals surface area contributed by atoms with Crippen molar-refractivity contribution in [3.05, 3.63) is 36.0 Å². The highest BCUT2D eigenvalue weighted by atomic mass is 16.1. The summed E-state index contributed by atoms with van der Waals surface area (Å²) in [5.41, 5.74) is 1.07. The second-order valence-electron chi connectivity index (χ2n) is 3.38. The van der Waals surface area contributed by atoms with Gasteiger partial charge in [-0.25, -0.2) is 0 Å². The lowest BCUT2D eigenvalue weighted by molar-refractivity contribution is -0.117. The standard InChI is InChI=1S/C11H10O2/c12-10-4-5-11(13)9-3-1-2-8(6-9)7-10/h1,3-5,7,9H,2,6H2/b5-4-,8-7-. The van der Waals surface area contributed by atoms with Crippen LogP contribution in [0.25, 0.3) is 0 Å². The predicted molar refractivity (Wildman–Crippen MR) is 49.1 cm³/mol. The third-order valence-electron chi connectivity index (χ3n) is 2.35. The molecule has 0 spiro atoms. The van der Waals surface area contributed by atoms with Crippen LogP contribution in [-0.4, -0.2) is 11.6 Å². The summed E-state index contributed by atoms with van der Waals surface area (Å²) in [5, 5.41) is 0. The van der Waals surface area contributed by atoms with Gasteiger partial charge in [0.25, 0.3) is 0 Å². The molecule has 2 aliphatic rings. The van der Waals surface area contributed by atoms with Gasteiger partial charge in [0.15, 0.2) is 11.6 Å². The van der Waals surface area contributed by atoms with Gasteiger partial charge in [-0.15, -0.1) is 0 Å². The molecule has 2 nitrogen and oxygen atoms in total. The van der Waals surface area contributed by atoms with Crippen molar-refractivity contribution in [2.45, 2.75) is 12.8 Å². The van der Waals surface area contributed by atoms with Crippen LogP contribution in [0.1, 0.15) is 12.8 Å². The van der Waals surface area contributed by atoms with Crippen molar-refractivity contribution < 1.29 is 9.59 Å². The van der Waals surface area contributed by atoms with Crippen molar-refractivity contribution in [3.8, 4) is 0 Å². The van der Waals surface area contributed by atoms with E-state index in [4.69, 9.17) is 0 Å². The zero-order valence-electron chi connectivity index (χ0n) is 7.19. The molecular weight excluding hydrogens is 164 g/mol. The molecule has 13 heavy (non-hydrogen) atoms. The van der Waals surface area contributed by atoms with Crippen LogP contribution in [0.5, 0.6) is 0 Å². The zero-order valence-corrected chi connectivity index (χ0v) is 7.19. The Balaban J connectivity index is 2.39. The Labute approximate surface area is 76.6 Å². The summed E-state index contributed by atoms with van der Waals surface area (Å²) in [5.74, 6) is -0.0728. The van der Waals surface area contributed by atoms with Gasteiger partial charge in [-0.3, -0.25) is 9.59 Å². The van der Waals surface area contributed by atoms with Gasteiger partial charge in [0.1, 0.15) is 0 Å². The molecule has 66 valence electrons. The molecule has 2 bridgehead atoms. The van der Waals surface area contributed by atoms with Crippen LogP contribution in [0, 0.1) is 5.92 Å². The Morgan fingerprint density at radius 3 is 2.92 bits per heavy atom. The highest BCUT2D eigenvalue weighted by molar-refractivity contribution is 6.06. The lowest BCUT2D eigenvalue weighted by atomic mass is 9.86. The molecule has 0 saturated heterocycles. The minimum atomic E-state index is -0.0721. The van der Waals surface area contributed by atoms with Crippen LogP contribution < -0.4 is 0 Å². The quantitative estimate of drug-likeness (QED) is 0.522. The fraction of sp³-hybridized carbons (Fsp3) is 0.273. The Morgan fingerprint density at radius 2 is 2.08 bits per heavy atom. The molecule has 1 atom stereocenters. The number of hydrogen-bond acceptors (Lipinski definition) is 2. The Bertz CT molecular complexity index is 345. The molecule has 0 fully saturated rings. The lowest BCUT2D eigenvalue weighted by Gasteiger charge is -2.17. The summed E-state index contributed by atoms with van der Waals surface area (Å²) in [7, 11) is 0. The molecular formula is C11H10O2. The SMILES string of the molecule is O=C1/C=C\C(=O)C2C=CC/C(=C/1)C2. The van der Waals surface area contributed by atoms with Crippen molar-refractivity contribution in [3.63, 3.8) is 0 Å². The molecule has 0 amide bonds. The smallest absolute Gasteiger partial charge is 0.178 e. The first kappa shape index (κ1) is 8.17. The molecule has 2 heteroatoms. The van der Waals surface area contributed by atoms with E-state index >= 15 is 0 Å². The van der Waals surface area contributed by atoms with Crippen LogP contribution >= 0.6 is 0 Å². The number of allylic oxidation sites excluding steroid dienone is 6. The van der Waals surface area contributed by atoms with E-state index in [1.54, 1.807) is 6.08 Å². The van der Waals surface area contributed by atoms with E-state index in [0.717, 1.165) is 12.0 Å². The van der Waals surface area contributed by atoms with Crippen molar-refractivity contribution in [2.75, 3.05) is 0 Å². The number of carbonyl (C=O) groups is 2. The summed E-state index contributed by atoms with van der Waals surface area (Å²) in [6, 6.07) is 0. The average Bonchev–Trinajstić information content (AvgIpc) is 2.13. The molecule has 2 rings (SSSR count). The van der Waals surface area contributed by atoms with Crippen molar-refractivity contribution >= 4 is 11.6 Å². The van der Waals surface area contributed by atoms with Crippen molar-refractivity contribution in [1.82, 2.24) is 0 Å². The van der Waals surface area contributed by atoms with Gasteiger partial charge in [0.05, 0.1) is 0 Å². The fourth-order valence-corrected chi connectivity index (χ4v) is 1.67.